The number of nitrogens with one attached hydrogen (secondary N) is 2. The molecule has 2 heterocycles. The van der Waals surface area contributed by atoms with E-state index in [-0.39, 0.29) is 0 Å². The van der Waals surface area contributed by atoms with Gasteiger partial charge in [0.25, 0.3) is 0 Å². The van der Waals surface area contributed by atoms with Gasteiger partial charge in [-0.15, -0.1) is 11.3 Å². The molecule has 0 bridgehead atoms. The average Bonchev–Trinajstić information content (AvgIpc) is 3.04. The highest BCUT2D eigenvalue weighted by Crippen LogP contribution is 2.26. The van der Waals surface area contributed by atoms with E-state index < -0.39 is 10.0 Å². The van der Waals surface area contributed by atoms with Crippen LogP contribution in [-0.2, 0) is 23.0 Å². The van der Waals surface area contributed by atoms with Gasteiger partial charge in [-0.3, -0.25) is 0 Å². The third-order valence-electron chi connectivity index (χ3n) is 3.22. The smallest absolute Gasteiger partial charge is 0.240 e. The number of anilines is 1. The molecule has 0 amide bonds. The van der Waals surface area contributed by atoms with Crippen molar-refractivity contribution >= 4 is 43.0 Å². The van der Waals surface area contributed by atoms with E-state index in [9.17, 15) is 8.42 Å². The number of rotatable bonds is 4. The van der Waals surface area contributed by atoms with Crippen LogP contribution in [0.15, 0.2) is 39.0 Å². The van der Waals surface area contributed by atoms with Crippen LogP contribution < -0.4 is 10.0 Å². The molecule has 0 saturated heterocycles. The van der Waals surface area contributed by atoms with Crippen molar-refractivity contribution < 1.29 is 8.42 Å². The molecule has 106 valence electrons. The second-order valence-electron chi connectivity index (χ2n) is 4.51. The Morgan fingerprint density at radius 3 is 2.95 bits per heavy atom. The lowest BCUT2D eigenvalue weighted by Gasteiger charge is -2.08. The summed E-state index contributed by atoms with van der Waals surface area (Å²) in [7, 11) is -3.48. The van der Waals surface area contributed by atoms with E-state index in [0.29, 0.717) is 11.4 Å². The molecule has 20 heavy (non-hydrogen) atoms. The van der Waals surface area contributed by atoms with E-state index in [1.807, 2.05) is 17.5 Å². The van der Waals surface area contributed by atoms with Crippen molar-refractivity contribution in [3.05, 3.63) is 44.6 Å². The molecule has 0 aliphatic carbocycles. The number of sulfonamides is 1. The summed E-state index contributed by atoms with van der Waals surface area (Å²) in [6.45, 7) is 1.17. The van der Waals surface area contributed by atoms with Gasteiger partial charge in [0, 0.05) is 28.1 Å². The minimum Gasteiger partial charge on any atom is -0.384 e. The predicted molar refractivity (Wildman–Crippen MR) is 84.7 cm³/mol. The van der Waals surface area contributed by atoms with E-state index in [0.717, 1.165) is 28.0 Å². The van der Waals surface area contributed by atoms with Crippen LogP contribution in [0.5, 0.6) is 0 Å². The fraction of sp³-hybridized carbons (Fsp3) is 0.231. The molecule has 0 radical (unpaired) electrons. The molecule has 4 nitrogen and oxygen atoms in total. The Balaban J connectivity index is 1.80. The summed E-state index contributed by atoms with van der Waals surface area (Å²) in [4.78, 5) is 1.27. The second kappa shape index (κ2) is 5.48. The molecule has 0 unspecified atom stereocenters. The maximum atomic E-state index is 12.3. The van der Waals surface area contributed by atoms with Gasteiger partial charge in [-0.2, -0.15) is 0 Å². The van der Waals surface area contributed by atoms with Crippen LogP contribution in [0.3, 0.4) is 0 Å². The molecule has 0 atom stereocenters. The van der Waals surface area contributed by atoms with Crippen LogP contribution in [-0.4, -0.2) is 15.0 Å². The monoisotopic (exact) mass is 372 g/mol. The number of hydrogen-bond acceptors (Lipinski definition) is 4. The van der Waals surface area contributed by atoms with Gasteiger partial charge < -0.3 is 5.32 Å². The summed E-state index contributed by atoms with van der Waals surface area (Å²) in [6.07, 6.45) is 0.950. The molecular weight excluding hydrogens is 360 g/mol. The van der Waals surface area contributed by atoms with Crippen LogP contribution in [0.4, 0.5) is 5.69 Å². The van der Waals surface area contributed by atoms with Crippen LogP contribution in [0.1, 0.15) is 10.4 Å². The normalized spacial score (nSPS) is 14.1. The van der Waals surface area contributed by atoms with Crippen molar-refractivity contribution in [3.63, 3.8) is 0 Å². The number of fused-ring (bicyclic) bond motifs is 1. The first-order valence-corrected chi connectivity index (χ1v) is 9.30. The molecule has 0 saturated carbocycles. The number of benzene rings is 1. The lowest BCUT2D eigenvalue weighted by Crippen LogP contribution is -2.23. The van der Waals surface area contributed by atoms with Crippen molar-refractivity contribution in [2.24, 2.45) is 0 Å². The molecule has 3 rings (SSSR count). The SMILES string of the molecule is O=S(=O)(NCc1sccc1Br)c1ccc2c(c1)NCC2. The van der Waals surface area contributed by atoms with Crippen LogP contribution in [0, 0.1) is 0 Å². The predicted octanol–water partition coefficient (Wildman–Crippen LogP) is 2.96. The van der Waals surface area contributed by atoms with Gasteiger partial charge >= 0.3 is 0 Å². The van der Waals surface area contributed by atoms with Crippen LogP contribution >= 0.6 is 27.3 Å². The highest BCUT2D eigenvalue weighted by atomic mass is 79.9. The molecule has 1 aliphatic heterocycles. The maximum absolute atomic E-state index is 12.3. The van der Waals surface area contributed by atoms with Gasteiger partial charge in [-0.25, -0.2) is 13.1 Å². The first-order chi connectivity index (χ1) is 9.56. The lowest BCUT2D eigenvalue weighted by atomic mass is 10.2. The molecule has 0 fully saturated rings. The van der Waals surface area contributed by atoms with Crippen molar-refractivity contribution in [1.82, 2.24) is 4.72 Å². The topological polar surface area (TPSA) is 58.2 Å². The van der Waals surface area contributed by atoms with E-state index in [1.54, 1.807) is 12.1 Å². The number of hydrogen-bond donors (Lipinski definition) is 2. The van der Waals surface area contributed by atoms with Gasteiger partial charge in [0.1, 0.15) is 0 Å². The number of halogens is 1. The maximum Gasteiger partial charge on any atom is 0.240 e. The van der Waals surface area contributed by atoms with E-state index in [1.165, 1.54) is 16.9 Å². The molecule has 7 heteroatoms. The zero-order chi connectivity index (χ0) is 14.2. The van der Waals surface area contributed by atoms with E-state index in [4.69, 9.17) is 0 Å². The summed E-state index contributed by atoms with van der Waals surface area (Å²) < 4.78 is 28.1. The third-order valence-corrected chi connectivity index (χ3v) is 6.54. The quantitative estimate of drug-likeness (QED) is 0.867. The summed E-state index contributed by atoms with van der Waals surface area (Å²) in [6, 6.07) is 7.16. The van der Waals surface area contributed by atoms with Gasteiger partial charge in [0.2, 0.25) is 10.0 Å². The minimum atomic E-state index is -3.48. The fourth-order valence-electron chi connectivity index (χ4n) is 2.13. The van der Waals surface area contributed by atoms with Crippen molar-refractivity contribution in [3.8, 4) is 0 Å². The van der Waals surface area contributed by atoms with Crippen molar-refractivity contribution in [2.45, 2.75) is 17.9 Å². The first-order valence-electron chi connectivity index (χ1n) is 6.14. The Morgan fingerprint density at radius 1 is 1.35 bits per heavy atom. The molecule has 0 spiro atoms. The summed E-state index contributed by atoms with van der Waals surface area (Å²) in [5, 5.41) is 5.12. The minimum absolute atomic E-state index is 0.297. The first kappa shape index (κ1) is 14.1. The molecule has 1 aliphatic rings. The average molecular weight is 373 g/mol. The summed E-state index contributed by atoms with van der Waals surface area (Å²) in [5.41, 5.74) is 2.09. The van der Waals surface area contributed by atoms with Gasteiger partial charge in [-0.1, -0.05) is 6.07 Å². The largest absolute Gasteiger partial charge is 0.384 e. The lowest BCUT2D eigenvalue weighted by molar-refractivity contribution is 0.582. The highest BCUT2D eigenvalue weighted by molar-refractivity contribution is 9.10. The Hall–Kier alpha value is -0.890. The Labute approximate surface area is 130 Å². The molecule has 1 aromatic carbocycles. The zero-order valence-corrected chi connectivity index (χ0v) is 13.7. The highest BCUT2D eigenvalue weighted by Gasteiger charge is 2.18. The van der Waals surface area contributed by atoms with E-state index >= 15 is 0 Å². The Kier molecular flexibility index (Phi) is 3.85. The zero-order valence-electron chi connectivity index (χ0n) is 10.5. The molecular formula is C13H13BrN2O2S2. The third kappa shape index (κ3) is 2.76. The van der Waals surface area contributed by atoms with Crippen molar-refractivity contribution in [1.29, 1.82) is 0 Å². The van der Waals surface area contributed by atoms with Crippen LogP contribution in [0.25, 0.3) is 0 Å². The van der Waals surface area contributed by atoms with Crippen molar-refractivity contribution in [2.75, 3.05) is 11.9 Å². The molecule has 1 aromatic heterocycles. The Morgan fingerprint density at radius 2 is 2.20 bits per heavy atom. The number of thiophene rings is 1. The van der Waals surface area contributed by atoms with Gasteiger partial charge in [0.05, 0.1) is 4.90 Å². The Bertz CT molecular complexity index is 741. The van der Waals surface area contributed by atoms with Crippen LogP contribution in [0.2, 0.25) is 0 Å². The standard InChI is InChI=1S/C13H13BrN2O2S2/c14-11-4-6-19-13(11)8-16-20(17,18)10-2-1-9-3-5-15-12(9)7-10/h1-2,4,6-7,15-16H,3,5,8H2. The molecule has 2 aromatic rings. The van der Waals surface area contributed by atoms with Gasteiger partial charge in [-0.05, 0) is 51.5 Å². The van der Waals surface area contributed by atoms with E-state index in [2.05, 4.69) is 26.0 Å². The second-order valence-corrected chi connectivity index (χ2v) is 8.13. The fourth-order valence-corrected chi connectivity index (χ4v) is 4.68. The molecule has 2 N–H and O–H groups in total. The van der Waals surface area contributed by atoms with Gasteiger partial charge in [0.15, 0.2) is 0 Å². The summed E-state index contributed by atoms with van der Waals surface area (Å²) >= 11 is 4.92. The summed E-state index contributed by atoms with van der Waals surface area (Å²) in [5.74, 6) is 0.